The number of ether oxygens (including phenoxy) is 1. The topological polar surface area (TPSA) is 62.7 Å². The molecule has 1 atom stereocenters. The lowest BCUT2D eigenvalue weighted by atomic mass is 10.1. The zero-order valence-electron chi connectivity index (χ0n) is 17.2. The predicted octanol–water partition coefficient (Wildman–Crippen LogP) is 6.03. The Morgan fingerprint density at radius 3 is 2.61 bits per heavy atom. The number of aryl methyl sites for hydroxylation is 1. The Kier molecular flexibility index (Phi) is 4.92. The molecule has 1 heterocycles. The molecule has 0 saturated heterocycles. The summed E-state index contributed by atoms with van der Waals surface area (Å²) >= 11 is 0. The van der Waals surface area contributed by atoms with Gasteiger partial charge in [0.2, 0.25) is 0 Å². The predicted molar refractivity (Wildman–Crippen MR) is 127 cm³/mol. The van der Waals surface area contributed by atoms with Gasteiger partial charge in [-0.05, 0) is 61.2 Å². The minimum Gasteiger partial charge on any atom is -0.452 e. The van der Waals surface area contributed by atoms with E-state index in [1.165, 1.54) is 0 Å². The molecule has 154 valence electrons. The number of nitrogens with zero attached hydrogens (tertiary/aromatic N) is 1. The van der Waals surface area contributed by atoms with Crippen LogP contribution in [0.1, 0.15) is 18.1 Å². The fourth-order valence-corrected chi connectivity index (χ4v) is 4.25. The Hall–Kier alpha value is -3.64. The summed E-state index contributed by atoms with van der Waals surface area (Å²) in [6, 6.07) is 25.7. The molecule has 0 spiro atoms. The monoisotopic (exact) mass is 427 g/mol. The van der Waals surface area contributed by atoms with Gasteiger partial charge >= 0.3 is 0 Å². The number of benzene rings is 4. The number of hydrazone groups is 1. The van der Waals surface area contributed by atoms with Gasteiger partial charge in [0.1, 0.15) is 0 Å². The second kappa shape index (κ2) is 7.89. The molecule has 1 unspecified atom stereocenters. The smallest absolute Gasteiger partial charge is 0.166 e. The average Bonchev–Trinajstić information content (AvgIpc) is 2.81. The first-order valence-corrected chi connectivity index (χ1v) is 11.1. The number of anilines is 2. The second-order valence-corrected chi connectivity index (χ2v) is 8.66. The first-order valence-electron chi connectivity index (χ1n) is 9.98. The zero-order valence-corrected chi connectivity index (χ0v) is 18.0. The van der Waals surface area contributed by atoms with E-state index in [0.29, 0.717) is 4.90 Å². The van der Waals surface area contributed by atoms with Gasteiger partial charge < -0.3 is 10.1 Å². The molecule has 0 fully saturated rings. The van der Waals surface area contributed by atoms with Gasteiger partial charge in [0.15, 0.2) is 22.5 Å². The highest BCUT2D eigenvalue weighted by molar-refractivity contribution is 7.83. The van der Waals surface area contributed by atoms with Crippen LogP contribution in [-0.4, -0.2) is 9.92 Å². The zero-order chi connectivity index (χ0) is 21.4. The summed E-state index contributed by atoms with van der Waals surface area (Å²) < 4.78 is 18.7. The molecule has 31 heavy (non-hydrogen) atoms. The minimum atomic E-state index is -1.41. The lowest BCUT2D eigenvalue weighted by Gasteiger charge is -2.23. The molecule has 4 aromatic rings. The summed E-state index contributed by atoms with van der Waals surface area (Å²) in [4.78, 5) is 3.43. The minimum absolute atomic E-state index is 0.687. The van der Waals surface area contributed by atoms with Gasteiger partial charge in [-0.15, -0.1) is 0 Å². The molecule has 0 aliphatic carbocycles. The summed E-state index contributed by atoms with van der Waals surface area (Å²) in [5.41, 5.74) is 4.56. The lowest BCUT2D eigenvalue weighted by molar-refractivity contribution is 0.487. The van der Waals surface area contributed by atoms with Crippen molar-refractivity contribution in [2.75, 3.05) is 5.32 Å². The van der Waals surface area contributed by atoms with Crippen LogP contribution in [0.25, 0.3) is 10.8 Å². The second-order valence-electron chi connectivity index (χ2n) is 7.47. The van der Waals surface area contributed by atoms with Crippen LogP contribution >= 0.6 is 0 Å². The quantitative estimate of drug-likeness (QED) is 0.272. The van der Waals surface area contributed by atoms with E-state index in [2.05, 4.69) is 33.4 Å². The Morgan fingerprint density at radius 1 is 0.968 bits per heavy atom. The van der Waals surface area contributed by atoms with Gasteiger partial charge in [0, 0.05) is 5.39 Å². The van der Waals surface area contributed by atoms with E-state index >= 15 is 0 Å². The maximum Gasteiger partial charge on any atom is 0.166 e. The fraction of sp³-hybridized carbons (Fsp3) is 0.0800. The summed E-state index contributed by atoms with van der Waals surface area (Å²) in [6.07, 6.45) is 0. The van der Waals surface area contributed by atoms with Crippen LogP contribution < -0.4 is 14.9 Å². The average molecular weight is 428 g/mol. The third-order valence-corrected chi connectivity index (χ3v) is 6.25. The first-order chi connectivity index (χ1) is 15.1. The van der Waals surface area contributed by atoms with Gasteiger partial charge in [0.05, 0.1) is 22.0 Å². The number of fused-ring (bicyclic) bond motifs is 4. The van der Waals surface area contributed by atoms with E-state index < -0.39 is 11.0 Å². The summed E-state index contributed by atoms with van der Waals surface area (Å²) in [6.45, 7) is 3.88. The SMILES string of the molecule is C/C(=N\NS(=O)c1ccc(C)cc1)c1ccc2c(c1)Nc1ccc3ccccc3c1O2. The van der Waals surface area contributed by atoms with E-state index in [0.717, 1.165) is 50.5 Å². The summed E-state index contributed by atoms with van der Waals surface area (Å²) in [5.74, 6) is 1.59. The molecule has 1 aliphatic rings. The molecule has 4 aromatic carbocycles. The van der Waals surface area contributed by atoms with Crippen molar-refractivity contribution in [2.24, 2.45) is 5.10 Å². The van der Waals surface area contributed by atoms with Crippen LogP contribution in [0, 0.1) is 6.92 Å². The van der Waals surface area contributed by atoms with Crippen molar-refractivity contribution in [1.82, 2.24) is 4.83 Å². The lowest BCUT2D eigenvalue weighted by Crippen LogP contribution is -2.13. The third-order valence-electron chi connectivity index (χ3n) is 5.29. The van der Waals surface area contributed by atoms with Crippen molar-refractivity contribution in [3.63, 3.8) is 0 Å². The molecule has 5 rings (SSSR count). The van der Waals surface area contributed by atoms with Gasteiger partial charge in [-0.3, -0.25) is 0 Å². The number of hydrogen-bond acceptors (Lipinski definition) is 4. The Labute approximate surface area is 183 Å². The maximum absolute atomic E-state index is 12.4. The van der Waals surface area contributed by atoms with Crippen LogP contribution in [-0.2, 0) is 11.0 Å². The molecule has 0 aromatic heterocycles. The third kappa shape index (κ3) is 3.78. The summed E-state index contributed by atoms with van der Waals surface area (Å²) in [5, 5.41) is 10.00. The van der Waals surface area contributed by atoms with E-state index in [1.807, 2.05) is 74.5 Å². The van der Waals surface area contributed by atoms with Gasteiger partial charge in [-0.2, -0.15) is 5.10 Å². The molecule has 0 amide bonds. The van der Waals surface area contributed by atoms with Crippen molar-refractivity contribution in [3.05, 3.63) is 90.0 Å². The molecule has 0 saturated carbocycles. The summed E-state index contributed by atoms with van der Waals surface area (Å²) in [7, 11) is -1.41. The highest BCUT2D eigenvalue weighted by Crippen LogP contribution is 2.45. The molecular weight excluding hydrogens is 406 g/mol. The van der Waals surface area contributed by atoms with Gasteiger partial charge in [-0.1, -0.05) is 48.0 Å². The molecule has 1 aliphatic heterocycles. The van der Waals surface area contributed by atoms with Crippen LogP contribution in [0.5, 0.6) is 11.5 Å². The number of hydrogen-bond donors (Lipinski definition) is 2. The normalized spacial score (nSPS) is 13.5. The van der Waals surface area contributed by atoms with E-state index in [4.69, 9.17) is 4.74 Å². The first kappa shape index (κ1) is 19.3. The highest BCUT2D eigenvalue weighted by Gasteiger charge is 2.19. The van der Waals surface area contributed by atoms with Crippen LogP contribution in [0.4, 0.5) is 11.4 Å². The van der Waals surface area contributed by atoms with Crippen LogP contribution in [0.3, 0.4) is 0 Å². The number of nitrogens with one attached hydrogen (secondary N) is 2. The Balaban J connectivity index is 1.38. The van der Waals surface area contributed by atoms with E-state index in [-0.39, 0.29) is 0 Å². The van der Waals surface area contributed by atoms with Crippen LogP contribution in [0.2, 0.25) is 0 Å². The van der Waals surface area contributed by atoms with E-state index in [9.17, 15) is 4.21 Å². The molecule has 0 bridgehead atoms. The fourth-order valence-electron chi connectivity index (χ4n) is 3.54. The van der Waals surface area contributed by atoms with Gasteiger partial charge in [-0.25, -0.2) is 9.04 Å². The van der Waals surface area contributed by atoms with Crippen molar-refractivity contribution in [1.29, 1.82) is 0 Å². The molecule has 5 nitrogen and oxygen atoms in total. The molecule has 0 radical (unpaired) electrons. The van der Waals surface area contributed by atoms with Gasteiger partial charge in [0.25, 0.3) is 0 Å². The maximum atomic E-state index is 12.4. The highest BCUT2D eigenvalue weighted by atomic mass is 32.2. The largest absolute Gasteiger partial charge is 0.452 e. The Bertz CT molecular complexity index is 1350. The molecule has 2 N–H and O–H groups in total. The van der Waals surface area contributed by atoms with Crippen LogP contribution in [0.15, 0.2) is 88.9 Å². The van der Waals surface area contributed by atoms with E-state index in [1.54, 1.807) is 0 Å². The number of rotatable bonds is 4. The molecular formula is C25H21N3O2S. The van der Waals surface area contributed by atoms with Crippen molar-refractivity contribution >= 4 is 38.8 Å². The van der Waals surface area contributed by atoms with Crippen molar-refractivity contribution < 1.29 is 8.95 Å². The standard InChI is InChI=1S/C25H21N3O2S/c1-16-7-11-20(12-8-16)31(29)28-27-17(2)19-10-14-24-23(15-19)26-22-13-9-18-5-3-4-6-21(18)25(22)30-24/h3-15,26,28H,1-2H3/b27-17+. The van der Waals surface area contributed by atoms with Crippen molar-refractivity contribution in [2.45, 2.75) is 18.7 Å². The molecule has 6 heteroatoms. The van der Waals surface area contributed by atoms with Crippen molar-refractivity contribution in [3.8, 4) is 11.5 Å². The Morgan fingerprint density at radius 2 is 1.77 bits per heavy atom.